The van der Waals surface area contributed by atoms with Gasteiger partial charge in [0.1, 0.15) is 0 Å². The molecule has 1 fully saturated rings. The van der Waals surface area contributed by atoms with Crippen LogP contribution < -0.4 is 10.2 Å². The van der Waals surface area contributed by atoms with E-state index in [1.807, 2.05) is 50.4 Å². The lowest BCUT2D eigenvalue weighted by molar-refractivity contribution is 0.0945. The third-order valence-corrected chi connectivity index (χ3v) is 4.60. The number of benzene rings is 1. The fraction of sp³-hybridized carbons (Fsp3) is 0.421. The number of anilines is 1. The van der Waals surface area contributed by atoms with Gasteiger partial charge in [-0.2, -0.15) is 0 Å². The molecule has 126 valence electrons. The second-order valence-corrected chi connectivity index (χ2v) is 6.47. The SMILES string of the molecule is Cc1cnc(N2CCCC(CNC(=O)c3ccccc3)C2)nc1C. The quantitative estimate of drug-likeness (QED) is 0.939. The van der Waals surface area contributed by atoms with Gasteiger partial charge in [0, 0.05) is 37.1 Å². The summed E-state index contributed by atoms with van der Waals surface area (Å²) in [5.74, 6) is 1.23. The van der Waals surface area contributed by atoms with Crippen LogP contribution >= 0.6 is 0 Å². The molecule has 24 heavy (non-hydrogen) atoms. The number of hydrogen-bond donors (Lipinski definition) is 1. The zero-order chi connectivity index (χ0) is 16.9. The van der Waals surface area contributed by atoms with E-state index in [4.69, 9.17) is 0 Å². The highest BCUT2D eigenvalue weighted by atomic mass is 16.1. The van der Waals surface area contributed by atoms with Crippen molar-refractivity contribution in [3.8, 4) is 0 Å². The molecule has 1 N–H and O–H groups in total. The van der Waals surface area contributed by atoms with Crippen LogP contribution in [-0.2, 0) is 0 Å². The molecule has 1 aromatic heterocycles. The predicted octanol–water partition coefficient (Wildman–Crippen LogP) is 2.74. The molecule has 0 radical (unpaired) electrons. The first kappa shape index (κ1) is 16.4. The molecule has 0 saturated carbocycles. The molecular weight excluding hydrogens is 300 g/mol. The Labute approximate surface area is 143 Å². The second kappa shape index (κ2) is 7.43. The highest BCUT2D eigenvalue weighted by Crippen LogP contribution is 2.20. The number of carbonyl (C=O) groups is 1. The molecule has 1 aliphatic heterocycles. The molecule has 0 bridgehead atoms. The number of amides is 1. The first-order valence-electron chi connectivity index (χ1n) is 8.52. The van der Waals surface area contributed by atoms with Gasteiger partial charge in [0.25, 0.3) is 5.91 Å². The van der Waals surface area contributed by atoms with Gasteiger partial charge in [-0.15, -0.1) is 0 Å². The number of rotatable bonds is 4. The van der Waals surface area contributed by atoms with E-state index in [1.54, 1.807) is 0 Å². The minimum atomic E-state index is -0.00449. The minimum Gasteiger partial charge on any atom is -0.352 e. The summed E-state index contributed by atoms with van der Waals surface area (Å²) < 4.78 is 0. The number of aromatic nitrogens is 2. The molecule has 0 aliphatic carbocycles. The molecule has 5 heteroatoms. The third-order valence-electron chi connectivity index (χ3n) is 4.60. The third kappa shape index (κ3) is 3.91. The van der Waals surface area contributed by atoms with E-state index in [0.29, 0.717) is 18.0 Å². The van der Waals surface area contributed by atoms with Crippen molar-refractivity contribution in [3.63, 3.8) is 0 Å². The zero-order valence-electron chi connectivity index (χ0n) is 14.3. The van der Waals surface area contributed by atoms with Crippen molar-refractivity contribution < 1.29 is 4.79 Å². The monoisotopic (exact) mass is 324 g/mol. The molecule has 1 saturated heterocycles. The fourth-order valence-electron chi connectivity index (χ4n) is 3.01. The van der Waals surface area contributed by atoms with E-state index in [1.165, 1.54) is 0 Å². The van der Waals surface area contributed by atoms with Crippen LogP contribution in [0.1, 0.15) is 34.5 Å². The maximum absolute atomic E-state index is 12.2. The smallest absolute Gasteiger partial charge is 0.251 e. The van der Waals surface area contributed by atoms with Crippen LogP contribution in [0.2, 0.25) is 0 Å². The van der Waals surface area contributed by atoms with Gasteiger partial charge in [-0.25, -0.2) is 9.97 Å². The first-order valence-corrected chi connectivity index (χ1v) is 8.52. The summed E-state index contributed by atoms with van der Waals surface area (Å²) in [5, 5.41) is 3.05. The second-order valence-electron chi connectivity index (χ2n) is 6.47. The number of piperidine rings is 1. The lowest BCUT2D eigenvalue weighted by Crippen LogP contribution is -2.41. The lowest BCUT2D eigenvalue weighted by Gasteiger charge is -2.33. The summed E-state index contributed by atoms with van der Waals surface area (Å²) >= 11 is 0. The normalized spacial score (nSPS) is 17.6. The summed E-state index contributed by atoms with van der Waals surface area (Å²) in [4.78, 5) is 23.5. The Morgan fingerprint density at radius 2 is 2.08 bits per heavy atom. The molecule has 1 aromatic carbocycles. The van der Waals surface area contributed by atoms with E-state index in [-0.39, 0.29) is 5.91 Å². The molecule has 1 aliphatic rings. The summed E-state index contributed by atoms with van der Waals surface area (Å²) in [6.45, 7) is 6.59. The van der Waals surface area contributed by atoms with Crippen molar-refractivity contribution in [2.24, 2.45) is 5.92 Å². The number of nitrogens with zero attached hydrogens (tertiary/aromatic N) is 3. The summed E-state index contributed by atoms with van der Waals surface area (Å²) in [6.07, 6.45) is 4.11. The van der Waals surface area contributed by atoms with Crippen molar-refractivity contribution in [1.82, 2.24) is 15.3 Å². The van der Waals surface area contributed by atoms with Crippen LogP contribution in [0.4, 0.5) is 5.95 Å². The van der Waals surface area contributed by atoms with Gasteiger partial charge in [-0.05, 0) is 50.3 Å². The van der Waals surface area contributed by atoms with Crippen LogP contribution in [-0.4, -0.2) is 35.5 Å². The molecular formula is C19H24N4O. The average Bonchev–Trinajstić information content (AvgIpc) is 2.63. The van der Waals surface area contributed by atoms with Crippen molar-refractivity contribution in [2.45, 2.75) is 26.7 Å². The number of carbonyl (C=O) groups excluding carboxylic acids is 1. The van der Waals surface area contributed by atoms with Crippen LogP contribution in [0.3, 0.4) is 0 Å². The standard InChI is InChI=1S/C19H24N4O/c1-14-11-21-19(22-15(14)2)23-10-6-7-16(13-23)12-20-18(24)17-8-4-3-5-9-17/h3-5,8-9,11,16H,6-7,10,12-13H2,1-2H3,(H,20,24). The summed E-state index contributed by atoms with van der Waals surface area (Å²) in [6, 6.07) is 9.36. The number of aryl methyl sites for hydroxylation is 2. The van der Waals surface area contributed by atoms with Crippen LogP contribution in [0.15, 0.2) is 36.5 Å². The van der Waals surface area contributed by atoms with Crippen molar-refractivity contribution in [3.05, 3.63) is 53.3 Å². The highest BCUT2D eigenvalue weighted by molar-refractivity contribution is 5.94. The van der Waals surface area contributed by atoms with Crippen molar-refractivity contribution in [1.29, 1.82) is 0 Å². The maximum Gasteiger partial charge on any atom is 0.251 e. The van der Waals surface area contributed by atoms with Gasteiger partial charge < -0.3 is 10.2 Å². The van der Waals surface area contributed by atoms with Gasteiger partial charge in [0.05, 0.1) is 0 Å². The number of nitrogens with one attached hydrogen (secondary N) is 1. The van der Waals surface area contributed by atoms with Gasteiger partial charge in [0.2, 0.25) is 5.95 Å². The Hall–Kier alpha value is -2.43. The molecule has 1 atom stereocenters. The largest absolute Gasteiger partial charge is 0.352 e. The molecule has 2 aromatic rings. The van der Waals surface area contributed by atoms with Gasteiger partial charge >= 0.3 is 0 Å². The molecule has 1 unspecified atom stereocenters. The first-order chi connectivity index (χ1) is 11.6. The number of hydrogen-bond acceptors (Lipinski definition) is 4. The lowest BCUT2D eigenvalue weighted by atomic mass is 9.98. The Bertz CT molecular complexity index is 702. The average molecular weight is 324 g/mol. The van der Waals surface area contributed by atoms with Crippen molar-refractivity contribution >= 4 is 11.9 Å². The van der Waals surface area contributed by atoms with Crippen LogP contribution in [0.5, 0.6) is 0 Å². The van der Waals surface area contributed by atoms with Gasteiger partial charge in [0.15, 0.2) is 0 Å². The van der Waals surface area contributed by atoms with Gasteiger partial charge in [-0.3, -0.25) is 4.79 Å². The molecule has 1 amide bonds. The Morgan fingerprint density at radius 3 is 2.83 bits per heavy atom. The molecule has 0 spiro atoms. The Kier molecular flexibility index (Phi) is 5.08. The van der Waals surface area contributed by atoms with E-state index in [9.17, 15) is 4.79 Å². The zero-order valence-corrected chi connectivity index (χ0v) is 14.3. The summed E-state index contributed by atoms with van der Waals surface area (Å²) in [5.41, 5.74) is 2.85. The van der Waals surface area contributed by atoms with E-state index < -0.39 is 0 Å². The molecule has 2 heterocycles. The highest BCUT2D eigenvalue weighted by Gasteiger charge is 2.22. The maximum atomic E-state index is 12.2. The molecule has 3 rings (SSSR count). The van der Waals surface area contributed by atoms with Gasteiger partial charge in [-0.1, -0.05) is 18.2 Å². The topological polar surface area (TPSA) is 58.1 Å². The predicted molar refractivity (Wildman–Crippen MR) is 95.2 cm³/mol. The summed E-state index contributed by atoms with van der Waals surface area (Å²) in [7, 11) is 0. The van der Waals surface area contributed by atoms with Crippen LogP contribution in [0.25, 0.3) is 0 Å². The Morgan fingerprint density at radius 1 is 1.29 bits per heavy atom. The minimum absolute atomic E-state index is 0.00449. The van der Waals surface area contributed by atoms with Crippen molar-refractivity contribution in [2.75, 3.05) is 24.5 Å². The van der Waals surface area contributed by atoms with E-state index in [2.05, 4.69) is 20.2 Å². The molecule has 5 nitrogen and oxygen atoms in total. The Balaban J connectivity index is 1.57. The van der Waals surface area contributed by atoms with E-state index >= 15 is 0 Å². The fourth-order valence-corrected chi connectivity index (χ4v) is 3.01. The van der Waals surface area contributed by atoms with Crippen LogP contribution in [0, 0.1) is 19.8 Å². The van der Waals surface area contributed by atoms with E-state index in [0.717, 1.165) is 43.1 Å².